The monoisotopic (exact) mass is 310 g/mol. The summed E-state index contributed by atoms with van der Waals surface area (Å²) >= 11 is 9.59. The van der Waals surface area contributed by atoms with Crippen molar-refractivity contribution in [3.05, 3.63) is 71.8 Å². The van der Waals surface area contributed by atoms with Gasteiger partial charge in [-0.05, 0) is 42.5 Å². The van der Waals surface area contributed by atoms with Gasteiger partial charge in [0.1, 0.15) is 0 Å². The molecular weight excluding hydrogens is 296 g/mol. The number of nitrogens with zero attached hydrogens (tertiary/aromatic N) is 2. The minimum Gasteiger partial charge on any atom is -0.200 e. The van der Waals surface area contributed by atoms with Crippen LogP contribution in [0.5, 0.6) is 0 Å². The van der Waals surface area contributed by atoms with E-state index in [1.165, 1.54) is 0 Å². The van der Waals surface area contributed by atoms with Gasteiger partial charge in [-0.2, -0.15) is 0 Å². The highest BCUT2D eigenvalue weighted by molar-refractivity contribution is 7.78. The summed E-state index contributed by atoms with van der Waals surface area (Å²) in [5.41, 5.74) is 1.33. The van der Waals surface area contributed by atoms with Crippen LogP contribution in [-0.2, 0) is 0 Å². The van der Waals surface area contributed by atoms with Crippen LogP contribution in [0.2, 0.25) is 0 Å². The van der Waals surface area contributed by atoms with Gasteiger partial charge < -0.3 is 0 Å². The number of hydrogen-bond acceptors (Lipinski definition) is 4. The van der Waals surface area contributed by atoms with Gasteiger partial charge in [0.05, 0.1) is 16.2 Å². The van der Waals surface area contributed by atoms with Crippen LogP contribution in [0.15, 0.2) is 70.6 Å². The standard InChI is InChI=1S/C17H14N2S2/c1-17(18-12-20,19-13-21)16(14-8-4-2-5-9-14)15-10-6-3-7-11-15/h2-11,16H,1H3. The Bertz CT molecular complexity index is 628. The molecule has 0 heterocycles. The molecule has 0 aliphatic rings. The maximum Gasteiger partial charge on any atom is 0.178 e. The quantitative estimate of drug-likeness (QED) is 0.588. The molecule has 0 spiro atoms. The molecule has 0 unspecified atom stereocenters. The predicted octanol–water partition coefficient (Wildman–Crippen LogP) is 4.74. The zero-order valence-corrected chi connectivity index (χ0v) is 13.2. The van der Waals surface area contributed by atoms with Crippen LogP contribution in [0.1, 0.15) is 24.0 Å². The first-order valence-corrected chi connectivity index (χ1v) is 7.31. The van der Waals surface area contributed by atoms with E-state index in [1.54, 1.807) is 0 Å². The molecule has 2 rings (SSSR count). The molecule has 2 aromatic carbocycles. The maximum absolute atomic E-state index is 4.80. The summed E-state index contributed by atoms with van der Waals surface area (Å²) in [6, 6.07) is 20.1. The van der Waals surface area contributed by atoms with E-state index in [1.807, 2.05) is 67.6 Å². The lowest BCUT2D eigenvalue weighted by Gasteiger charge is -2.29. The second-order valence-electron chi connectivity index (χ2n) is 4.75. The summed E-state index contributed by atoms with van der Waals surface area (Å²) in [5, 5.41) is 4.88. The maximum atomic E-state index is 4.80. The number of benzene rings is 2. The first-order valence-electron chi connectivity index (χ1n) is 6.49. The average molecular weight is 310 g/mol. The van der Waals surface area contributed by atoms with Crippen molar-refractivity contribution in [3.63, 3.8) is 0 Å². The van der Waals surface area contributed by atoms with E-state index < -0.39 is 5.66 Å². The normalized spacial score (nSPS) is 12.9. The molecule has 21 heavy (non-hydrogen) atoms. The topological polar surface area (TPSA) is 24.7 Å². The Balaban J connectivity index is 2.66. The van der Waals surface area contributed by atoms with E-state index in [9.17, 15) is 0 Å². The van der Waals surface area contributed by atoms with Crippen LogP contribution in [0.4, 0.5) is 0 Å². The van der Waals surface area contributed by atoms with Gasteiger partial charge in [0.25, 0.3) is 0 Å². The molecule has 104 valence electrons. The van der Waals surface area contributed by atoms with E-state index in [2.05, 4.69) is 20.3 Å². The van der Waals surface area contributed by atoms with Crippen LogP contribution in [0, 0.1) is 0 Å². The summed E-state index contributed by atoms with van der Waals surface area (Å²) < 4.78 is 0. The molecule has 2 aromatic rings. The summed E-state index contributed by atoms with van der Waals surface area (Å²) in [7, 11) is 0. The molecule has 0 aliphatic heterocycles. The Morgan fingerprint density at radius 3 is 1.52 bits per heavy atom. The molecule has 4 heteroatoms. The third-order valence-corrected chi connectivity index (χ3v) is 3.54. The SMILES string of the molecule is CC(N=C=S)(N=C=S)C(c1ccccc1)c1ccccc1. The third-order valence-electron chi connectivity index (χ3n) is 3.36. The molecule has 0 aliphatic carbocycles. The van der Waals surface area contributed by atoms with E-state index >= 15 is 0 Å². The van der Waals surface area contributed by atoms with Crippen molar-refractivity contribution in [1.29, 1.82) is 0 Å². The molecule has 0 bridgehead atoms. The average Bonchev–Trinajstić information content (AvgIpc) is 2.50. The summed E-state index contributed by atoms with van der Waals surface area (Å²) in [5.74, 6) is -0.106. The lowest BCUT2D eigenvalue weighted by Crippen LogP contribution is -2.29. The van der Waals surface area contributed by atoms with Gasteiger partial charge >= 0.3 is 0 Å². The molecule has 0 saturated heterocycles. The summed E-state index contributed by atoms with van der Waals surface area (Å²) in [4.78, 5) is 8.54. The molecule has 0 saturated carbocycles. The molecule has 0 N–H and O–H groups in total. The van der Waals surface area contributed by atoms with Crippen LogP contribution >= 0.6 is 24.4 Å². The van der Waals surface area contributed by atoms with E-state index in [0.717, 1.165) is 11.1 Å². The molecule has 0 atom stereocenters. The van der Waals surface area contributed by atoms with Crippen molar-refractivity contribution in [2.24, 2.45) is 9.98 Å². The number of thiocarbonyl (C=S) groups is 2. The highest BCUT2D eigenvalue weighted by atomic mass is 32.1. The van der Waals surface area contributed by atoms with Gasteiger partial charge in [0.2, 0.25) is 0 Å². The lowest BCUT2D eigenvalue weighted by atomic mass is 9.82. The van der Waals surface area contributed by atoms with Crippen molar-refractivity contribution in [3.8, 4) is 0 Å². The summed E-state index contributed by atoms with van der Waals surface area (Å²) in [6.45, 7) is 1.89. The Morgan fingerprint density at radius 1 is 0.810 bits per heavy atom. The Hall–Kier alpha value is -1.96. The van der Waals surface area contributed by atoms with Gasteiger partial charge in [-0.15, -0.1) is 0 Å². The fourth-order valence-electron chi connectivity index (χ4n) is 2.45. The smallest absolute Gasteiger partial charge is 0.178 e. The third kappa shape index (κ3) is 3.57. The molecule has 0 amide bonds. The number of aliphatic imine (C=N–C) groups is 2. The summed E-state index contributed by atoms with van der Waals surface area (Å²) in [6.07, 6.45) is 0. The lowest BCUT2D eigenvalue weighted by molar-refractivity contribution is 0.444. The van der Waals surface area contributed by atoms with Crippen molar-refractivity contribution in [1.82, 2.24) is 0 Å². The Labute approximate surface area is 135 Å². The van der Waals surface area contributed by atoms with Crippen LogP contribution in [0.3, 0.4) is 0 Å². The van der Waals surface area contributed by atoms with Gasteiger partial charge in [-0.3, -0.25) is 0 Å². The van der Waals surface area contributed by atoms with Crippen molar-refractivity contribution in [2.45, 2.75) is 18.5 Å². The second-order valence-corrected chi connectivity index (χ2v) is 5.12. The fraction of sp³-hybridized carbons (Fsp3) is 0.176. The zero-order valence-electron chi connectivity index (χ0n) is 11.6. The first-order chi connectivity index (χ1) is 10.2. The number of isothiocyanates is 2. The second kappa shape index (κ2) is 7.16. The van der Waals surface area contributed by atoms with Crippen LogP contribution < -0.4 is 0 Å². The molecule has 0 aromatic heterocycles. The minimum absolute atomic E-state index is 0.106. The molecule has 0 fully saturated rings. The largest absolute Gasteiger partial charge is 0.200 e. The minimum atomic E-state index is -0.855. The Morgan fingerprint density at radius 2 is 1.19 bits per heavy atom. The van der Waals surface area contributed by atoms with Gasteiger partial charge in [-0.25, -0.2) is 9.98 Å². The fourth-order valence-corrected chi connectivity index (χ4v) is 2.82. The molecule has 2 nitrogen and oxygen atoms in total. The predicted molar refractivity (Wildman–Crippen MR) is 93.2 cm³/mol. The van der Waals surface area contributed by atoms with Crippen molar-refractivity contribution >= 4 is 34.8 Å². The number of rotatable bonds is 5. The number of hydrogen-bond donors (Lipinski definition) is 0. The molecular formula is C17H14N2S2. The Kier molecular flexibility index (Phi) is 5.26. The van der Waals surface area contributed by atoms with E-state index in [0.29, 0.717) is 0 Å². The van der Waals surface area contributed by atoms with Gasteiger partial charge in [0, 0.05) is 0 Å². The van der Waals surface area contributed by atoms with Crippen molar-refractivity contribution < 1.29 is 0 Å². The van der Waals surface area contributed by atoms with Crippen LogP contribution in [-0.4, -0.2) is 16.0 Å². The highest BCUT2D eigenvalue weighted by Crippen LogP contribution is 2.38. The first kappa shape index (κ1) is 15.4. The zero-order chi connectivity index (χ0) is 15.1. The highest BCUT2D eigenvalue weighted by Gasteiger charge is 2.36. The van der Waals surface area contributed by atoms with E-state index in [-0.39, 0.29) is 5.92 Å². The van der Waals surface area contributed by atoms with E-state index in [4.69, 9.17) is 24.4 Å². The van der Waals surface area contributed by atoms with Crippen molar-refractivity contribution in [2.75, 3.05) is 0 Å². The van der Waals surface area contributed by atoms with Gasteiger partial charge in [-0.1, -0.05) is 60.7 Å². The van der Waals surface area contributed by atoms with Crippen LogP contribution in [0.25, 0.3) is 0 Å². The molecule has 0 radical (unpaired) electrons. The van der Waals surface area contributed by atoms with Gasteiger partial charge in [0.15, 0.2) is 5.66 Å².